The maximum absolute atomic E-state index is 12.4. The molecule has 0 bridgehead atoms. The van der Waals surface area contributed by atoms with Gasteiger partial charge in [-0.2, -0.15) is 0 Å². The lowest BCUT2D eigenvalue weighted by Gasteiger charge is -2.23. The molecule has 1 amide bonds. The van der Waals surface area contributed by atoms with Crippen molar-refractivity contribution in [1.82, 2.24) is 14.9 Å². The maximum atomic E-state index is 12.4. The van der Waals surface area contributed by atoms with E-state index in [2.05, 4.69) is 15.3 Å². The number of amides is 1. The van der Waals surface area contributed by atoms with Gasteiger partial charge in [-0.15, -0.1) is 0 Å². The molecular formula is C13H20N4O3S. The molecule has 1 atom stereocenters. The molecule has 21 heavy (non-hydrogen) atoms. The molecule has 116 valence electrons. The molecule has 1 saturated heterocycles. The summed E-state index contributed by atoms with van der Waals surface area (Å²) in [7, 11) is -1.40. The summed E-state index contributed by atoms with van der Waals surface area (Å²) >= 11 is 0. The van der Waals surface area contributed by atoms with Gasteiger partial charge < -0.3 is 10.2 Å². The van der Waals surface area contributed by atoms with Crippen LogP contribution in [0.15, 0.2) is 12.3 Å². The second-order valence-electron chi connectivity index (χ2n) is 5.17. The topological polar surface area (TPSA) is 92.3 Å². The van der Waals surface area contributed by atoms with Crippen molar-refractivity contribution in [2.45, 2.75) is 25.8 Å². The van der Waals surface area contributed by atoms with Gasteiger partial charge in [0.25, 0.3) is 5.91 Å². The SMILES string of the molecule is CCCNc1nccc(C(=O)N(C)C2CCS(=O)(=O)C2)n1. The molecule has 1 fully saturated rings. The van der Waals surface area contributed by atoms with Gasteiger partial charge in [0.2, 0.25) is 5.95 Å². The molecule has 2 rings (SSSR count). The van der Waals surface area contributed by atoms with Crippen LogP contribution in [0.5, 0.6) is 0 Å². The van der Waals surface area contributed by atoms with Gasteiger partial charge in [-0.25, -0.2) is 18.4 Å². The van der Waals surface area contributed by atoms with Crippen LogP contribution >= 0.6 is 0 Å². The summed E-state index contributed by atoms with van der Waals surface area (Å²) in [4.78, 5) is 22.1. The van der Waals surface area contributed by atoms with E-state index in [-0.39, 0.29) is 29.1 Å². The van der Waals surface area contributed by atoms with E-state index in [1.165, 1.54) is 11.1 Å². The van der Waals surface area contributed by atoms with Crippen molar-refractivity contribution in [3.8, 4) is 0 Å². The third-order valence-corrected chi connectivity index (χ3v) is 5.23. The molecule has 8 heteroatoms. The number of nitrogens with zero attached hydrogens (tertiary/aromatic N) is 3. The third-order valence-electron chi connectivity index (χ3n) is 3.48. The van der Waals surface area contributed by atoms with E-state index in [4.69, 9.17) is 0 Å². The highest BCUT2D eigenvalue weighted by atomic mass is 32.2. The summed E-state index contributed by atoms with van der Waals surface area (Å²) in [5.41, 5.74) is 0.274. The van der Waals surface area contributed by atoms with Crippen molar-refractivity contribution in [3.05, 3.63) is 18.0 Å². The highest BCUT2D eigenvalue weighted by Crippen LogP contribution is 2.18. The Morgan fingerprint density at radius 1 is 1.52 bits per heavy atom. The molecule has 0 aromatic carbocycles. The Bertz CT molecular complexity index is 618. The molecule has 0 radical (unpaired) electrons. The fourth-order valence-corrected chi connectivity index (χ4v) is 4.00. The Labute approximate surface area is 124 Å². The minimum absolute atomic E-state index is 0.0290. The Kier molecular flexibility index (Phi) is 4.76. The Hall–Kier alpha value is -1.70. The molecule has 1 aromatic rings. The minimum Gasteiger partial charge on any atom is -0.354 e. The van der Waals surface area contributed by atoms with E-state index >= 15 is 0 Å². The first-order valence-corrected chi connectivity index (χ1v) is 8.79. The molecule has 1 aliphatic rings. The summed E-state index contributed by atoms with van der Waals surface area (Å²) in [6.45, 7) is 2.75. The highest BCUT2D eigenvalue weighted by molar-refractivity contribution is 7.91. The van der Waals surface area contributed by atoms with E-state index in [0.717, 1.165) is 13.0 Å². The Balaban J connectivity index is 2.09. The second-order valence-corrected chi connectivity index (χ2v) is 7.39. The van der Waals surface area contributed by atoms with Crippen molar-refractivity contribution < 1.29 is 13.2 Å². The van der Waals surface area contributed by atoms with Crippen LogP contribution < -0.4 is 5.32 Å². The van der Waals surface area contributed by atoms with Gasteiger partial charge in [-0.05, 0) is 18.9 Å². The van der Waals surface area contributed by atoms with E-state index < -0.39 is 9.84 Å². The molecule has 1 unspecified atom stereocenters. The van der Waals surface area contributed by atoms with Crippen LogP contribution in [0.1, 0.15) is 30.3 Å². The van der Waals surface area contributed by atoms with Crippen LogP contribution in [-0.4, -0.2) is 60.3 Å². The molecule has 1 aromatic heterocycles. The number of sulfone groups is 1. The van der Waals surface area contributed by atoms with E-state index in [1.807, 2.05) is 6.92 Å². The first kappa shape index (κ1) is 15.7. The van der Waals surface area contributed by atoms with Crippen LogP contribution in [-0.2, 0) is 9.84 Å². The average molecular weight is 312 g/mol. The van der Waals surface area contributed by atoms with Gasteiger partial charge in [0, 0.05) is 25.8 Å². The maximum Gasteiger partial charge on any atom is 0.272 e. The fraction of sp³-hybridized carbons (Fsp3) is 0.615. The standard InChI is InChI=1S/C13H20N4O3S/c1-3-6-14-13-15-7-4-11(16-13)12(18)17(2)10-5-8-21(19,20)9-10/h4,7,10H,3,5-6,8-9H2,1-2H3,(H,14,15,16). The molecule has 2 heterocycles. The zero-order valence-electron chi connectivity index (χ0n) is 12.2. The molecule has 1 N–H and O–H groups in total. The Morgan fingerprint density at radius 3 is 2.90 bits per heavy atom. The number of hydrogen-bond donors (Lipinski definition) is 1. The van der Waals surface area contributed by atoms with Crippen molar-refractivity contribution in [1.29, 1.82) is 0 Å². The van der Waals surface area contributed by atoms with E-state index in [1.54, 1.807) is 13.1 Å². The monoisotopic (exact) mass is 312 g/mol. The predicted molar refractivity (Wildman–Crippen MR) is 80.0 cm³/mol. The number of carbonyl (C=O) groups is 1. The predicted octanol–water partition coefficient (Wildman–Crippen LogP) is 0.558. The van der Waals surface area contributed by atoms with Gasteiger partial charge in [0.15, 0.2) is 9.84 Å². The van der Waals surface area contributed by atoms with E-state index in [9.17, 15) is 13.2 Å². The Morgan fingerprint density at radius 2 is 2.29 bits per heavy atom. The van der Waals surface area contributed by atoms with Crippen LogP contribution in [0.3, 0.4) is 0 Å². The van der Waals surface area contributed by atoms with Gasteiger partial charge in [-0.3, -0.25) is 4.79 Å². The number of anilines is 1. The molecule has 1 aliphatic heterocycles. The van der Waals surface area contributed by atoms with Crippen molar-refractivity contribution in [2.75, 3.05) is 30.4 Å². The smallest absolute Gasteiger partial charge is 0.272 e. The lowest BCUT2D eigenvalue weighted by Crippen LogP contribution is -2.38. The van der Waals surface area contributed by atoms with Crippen molar-refractivity contribution >= 4 is 21.7 Å². The van der Waals surface area contributed by atoms with E-state index in [0.29, 0.717) is 12.4 Å². The quantitative estimate of drug-likeness (QED) is 0.854. The number of aromatic nitrogens is 2. The fourth-order valence-electron chi connectivity index (χ4n) is 2.23. The summed E-state index contributed by atoms with van der Waals surface area (Å²) in [6, 6.07) is 1.27. The van der Waals surface area contributed by atoms with Gasteiger partial charge >= 0.3 is 0 Å². The number of carbonyl (C=O) groups excluding carboxylic acids is 1. The zero-order chi connectivity index (χ0) is 15.5. The number of rotatable bonds is 5. The number of hydrogen-bond acceptors (Lipinski definition) is 6. The van der Waals surface area contributed by atoms with Crippen LogP contribution in [0, 0.1) is 0 Å². The first-order valence-electron chi connectivity index (χ1n) is 6.97. The largest absolute Gasteiger partial charge is 0.354 e. The van der Waals surface area contributed by atoms with Gasteiger partial charge in [0.1, 0.15) is 5.69 Å². The van der Waals surface area contributed by atoms with Crippen molar-refractivity contribution in [3.63, 3.8) is 0 Å². The zero-order valence-corrected chi connectivity index (χ0v) is 13.1. The summed E-state index contributed by atoms with van der Waals surface area (Å²) in [5.74, 6) is 0.304. The highest BCUT2D eigenvalue weighted by Gasteiger charge is 2.33. The molecule has 7 nitrogen and oxygen atoms in total. The normalized spacial score (nSPS) is 20.2. The molecule has 0 saturated carbocycles. The van der Waals surface area contributed by atoms with Gasteiger partial charge in [0.05, 0.1) is 11.5 Å². The minimum atomic E-state index is -3.02. The van der Waals surface area contributed by atoms with Crippen LogP contribution in [0.25, 0.3) is 0 Å². The molecular weight excluding hydrogens is 292 g/mol. The lowest BCUT2D eigenvalue weighted by molar-refractivity contribution is 0.0741. The number of nitrogens with one attached hydrogen (secondary N) is 1. The average Bonchev–Trinajstić information content (AvgIpc) is 2.84. The molecule has 0 spiro atoms. The van der Waals surface area contributed by atoms with Crippen molar-refractivity contribution in [2.24, 2.45) is 0 Å². The summed E-state index contributed by atoms with van der Waals surface area (Å²) in [5, 5.41) is 3.02. The van der Waals surface area contributed by atoms with Crippen LogP contribution in [0.4, 0.5) is 5.95 Å². The summed E-state index contributed by atoms with van der Waals surface area (Å²) in [6.07, 6.45) is 2.94. The lowest BCUT2D eigenvalue weighted by atomic mass is 10.2. The molecule has 0 aliphatic carbocycles. The van der Waals surface area contributed by atoms with Gasteiger partial charge in [-0.1, -0.05) is 6.92 Å². The first-order chi connectivity index (χ1) is 9.93. The third kappa shape index (κ3) is 3.90. The second kappa shape index (κ2) is 6.38. The van der Waals surface area contributed by atoms with Crippen LogP contribution in [0.2, 0.25) is 0 Å². The summed E-state index contributed by atoms with van der Waals surface area (Å²) < 4.78 is 23.0.